The number of amides is 1. The van der Waals surface area contributed by atoms with Gasteiger partial charge in [0.2, 0.25) is 0 Å². The summed E-state index contributed by atoms with van der Waals surface area (Å²) in [6, 6.07) is 9.64. The second-order valence-corrected chi connectivity index (χ2v) is 7.34. The van der Waals surface area contributed by atoms with Crippen LogP contribution >= 0.6 is 0 Å². The highest BCUT2D eigenvalue weighted by atomic mass is 16.2. The van der Waals surface area contributed by atoms with Gasteiger partial charge in [0, 0.05) is 25.2 Å². The van der Waals surface area contributed by atoms with Crippen molar-refractivity contribution in [3.8, 4) is 0 Å². The fourth-order valence-corrected chi connectivity index (χ4v) is 4.01. The van der Waals surface area contributed by atoms with E-state index in [-0.39, 0.29) is 11.8 Å². The number of aromatic nitrogens is 6. The first-order valence-corrected chi connectivity index (χ1v) is 9.54. The lowest BCUT2D eigenvalue weighted by molar-refractivity contribution is 0.0703. The van der Waals surface area contributed by atoms with Crippen molar-refractivity contribution < 1.29 is 4.79 Å². The molecule has 0 bridgehead atoms. The number of hydrogen-bond donors (Lipinski definition) is 0. The summed E-state index contributed by atoms with van der Waals surface area (Å²) in [5, 5.41) is 13.2. The Morgan fingerprint density at radius 2 is 1.86 bits per heavy atom. The summed E-state index contributed by atoms with van der Waals surface area (Å²) in [6.07, 6.45) is 3.58. The Labute approximate surface area is 161 Å². The third-order valence-corrected chi connectivity index (χ3v) is 5.47. The SMILES string of the molecule is Cc1ccc2nnc(C3CCN(C(=O)c4c(C)nc5ccccn45)CC3)n2n1. The van der Waals surface area contributed by atoms with Crippen LogP contribution in [0.3, 0.4) is 0 Å². The molecule has 0 aromatic carbocycles. The van der Waals surface area contributed by atoms with Gasteiger partial charge in [0.05, 0.1) is 11.4 Å². The summed E-state index contributed by atoms with van der Waals surface area (Å²) in [5.74, 6) is 1.17. The van der Waals surface area contributed by atoms with E-state index in [2.05, 4.69) is 20.3 Å². The van der Waals surface area contributed by atoms with Crippen LogP contribution in [0.15, 0.2) is 36.5 Å². The van der Waals surface area contributed by atoms with E-state index in [0.717, 1.165) is 41.3 Å². The van der Waals surface area contributed by atoms with Crippen LogP contribution in [0.4, 0.5) is 0 Å². The highest BCUT2D eigenvalue weighted by Gasteiger charge is 2.29. The standard InChI is InChI=1S/C20H21N7O/c1-13-6-7-17-22-23-19(27(17)24-13)15-8-11-25(12-9-15)20(28)18-14(2)21-16-5-3-4-10-26(16)18/h3-7,10,15H,8-9,11-12H2,1-2H3. The Morgan fingerprint density at radius 3 is 2.68 bits per heavy atom. The minimum absolute atomic E-state index is 0.0368. The van der Waals surface area contributed by atoms with Gasteiger partial charge in [-0.05, 0) is 51.0 Å². The topological polar surface area (TPSA) is 80.7 Å². The lowest BCUT2D eigenvalue weighted by atomic mass is 9.96. The number of rotatable bonds is 2. The van der Waals surface area contributed by atoms with Crippen molar-refractivity contribution in [3.63, 3.8) is 0 Å². The average Bonchev–Trinajstić information content (AvgIpc) is 3.27. The molecule has 0 unspecified atom stereocenters. The van der Waals surface area contributed by atoms with Crippen LogP contribution in [-0.2, 0) is 0 Å². The van der Waals surface area contributed by atoms with E-state index in [0.29, 0.717) is 18.8 Å². The van der Waals surface area contributed by atoms with Crippen molar-refractivity contribution in [3.05, 3.63) is 59.4 Å². The van der Waals surface area contributed by atoms with Gasteiger partial charge < -0.3 is 4.90 Å². The molecule has 142 valence electrons. The van der Waals surface area contributed by atoms with Crippen LogP contribution in [-0.4, -0.2) is 53.1 Å². The van der Waals surface area contributed by atoms with E-state index in [1.165, 1.54) is 0 Å². The number of fused-ring (bicyclic) bond motifs is 2. The molecule has 0 saturated carbocycles. The summed E-state index contributed by atoms with van der Waals surface area (Å²) in [4.78, 5) is 19.6. The van der Waals surface area contributed by atoms with Crippen LogP contribution in [0, 0.1) is 13.8 Å². The normalized spacial score (nSPS) is 15.6. The van der Waals surface area contributed by atoms with Gasteiger partial charge in [0.1, 0.15) is 11.3 Å². The number of imidazole rings is 1. The molecule has 5 heterocycles. The molecule has 1 amide bonds. The summed E-state index contributed by atoms with van der Waals surface area (Å²) < 4.78 is 3.72. The van der Waals surface area contributed by atoms with Gasteiger partial charge in [-0.2, -0.15) is 9.61 Å². The monoisotopic (exact) mass is 375 g/mol. The first kappa shape index (κ1) is 16.9. The second kappa shape index (κ2) is 6.40. The first-order valence-electron chi connectivity index (χ1n) is 9.54. The lowest BCUT2D eigenvalue weighted by Gasteiger charge is -2.31. The molecule has 0 spiro atoms. The largest absolute Gasteiger partial charge is 0.337 e. The molecule has 0 radical (unpaired) electrons. The summed E-state index contributed by atoms with van der Waals surface area (Å²) in [7, 11) is 0. The molecule has 28 heavy (non-hydrogen) atoms. The second-order valence-electron chi connectivity index (χ2n) is 7.34. The quantitative estimate of drug-likeness (QED) is 0.537. The first-order chi connectivity index (χ1) is 13.6. The predicted molar refractivity (Wildman–Crippen MR) is 103 cm³/mol. The smallest absolute Gasteiger partial charge is 0.272 e. The molecule has 4 aromatic rings. The van der Waals surface area contributed by atoms with Crippen molar-refractivity contribution >= 4 is 17.2 Å². The molecule has 5 rings (SSSR count). The molecule has 1 saturated heterocycles. The van der Waals surface area contributed by atoms with Gasteiger partial charge in [-0.25, -0.2) is 4.98 Å². The van der Waals surface area contributed by atoms with Crippen LogP contribution in [0.5, 0.6) is 0 Å². The van der Waals surface area contributed by atoms with Crippen LogP contribution in [0.2, 0.25) is 0 Å². The number of carbonyl (C=O) groups is 1. The van der Waals surface area contributed by atoms with Gasteiger partial charge >= 0.3 is 0 Å². The van der Waals surface area contributed by atoms with E-state index in [4.69, 9.17) is 0 Å². The zero-order chi connectivity index (χ0) is 19.3. The van der Waals surface area contributed by atoms with E-state index < -0.39 is 0 Å². The Bertz CT molecular complexity index is 1180. The molecule has 0 aliphatic carbocycles. The van der Waals surface area contributed by atoms with Crippen molar-refractivity contribution in [2.24, 2.45) is 0 Å². The van der Waals surface area contributed by atoms with Crippen LogP contribution < -0.4 is 0 Å². The molecule has 4 aromatic heterocycles. The van der Waals surface area contributed by atoms with Crippen molar-refractivity contribution in [1.82, 2.24) is 34.1 Å². The molecule has 1 aliphatic rings. The maximum absolute atomic E-state index is 13.2. The average molecular weight is 375 g/mol. The number of aryl methyl sites for hydroxylation is 2. The highest BCUT2D eigenvalue weighted by Crippen LogP contribution is 2.28. The fraction of sp³-hybridized carbons (Fsp3) is 0.350. The molecule has 0 atom stereocenters. The third kappa shape index (κ3) is 2.64. The Hall–Kier alpha value is -3.29. The Balaban J connectivity index is 1.37. The lowest BCUT2D eigenvalue weighted by Crippen LogP contribution is -2.39. The summed E-state index contributed by atoms with van der Waals surface area (Å²) in [5.41, 5.74) is 3.92. The fourth-order valence-electron chi connectivity index (χ4n) is 4.01. The molecule has 8 heteroatoms. The van der Waals surface area contributed by atoms with E-state index in [9.17, 15) is 4.79 Å². The van der Waals surface area contributed by atoms with Crippen LogP contribution in [0.25, 0.3) is 11.3 Å². The van der Waals surface area contributed by atoms with E-state index in [1.54, 1.807) is 0 Å². The van der Waals surface area contributed by atoms with Gasteiger partial charge in [0.25, 0.3) is 5.91 Å². The molecule has 1 fully saturated rings. The maximum Gasteiger partial charge on any atom is 0.272 e. The number of carbonyl (C=O) groups excluding carboxylic acids is 1. The predicted octanol–water partition coefficient (Wildman–Crippen LogP) is 2.41. The highest BCUT2D eigenvalue weighted by molar-refractivity contribution is 5.94. The zero-order valence-corrected chi connectivity index (χ0v) is 15.9. The van der Waals surface area contributed by atoms with Crippen LogP contribution in [0.1, 0.15) is 46.5 Å². The molecule has 0 N–H and O–H groups in total. The molecule has 8 nitrogen and oxygen atoms in total. The van der Waals surface area contributed by atoms with E-state index in [1.807, 2.05) is 64.2 Å². The Kier molecular flexibility index (Phi) is 3.85. The van der Waals surface area contributed by atoms with E-state index >= 15 is 0 Å². The minimum atomic E-state index is 0.0368. The maximum atomic E-state index is 13.2. The summed E-state index contributed by atoms with van der Waals surface area (Å²) >= 11 is 0. The van der Waals surface area contributed by atoms with Gasteiger partial charge in [-0.3, -0.25) is 9.20 Å². The molecular formula is C20H21N7O. The Morgan fingerprint density at radius 1 is 1.04 bits per heavy atom. The van der Waals surface area contributed by atoms with Crippen molar-refractivity contribution in [1.29, 1.82) is 0 Å². The number of likely N-dealkylation sites (tertiary alicyclic amines) is 1. The van der Waals surface area contributed by atoms with Gasteiger partial charge in [-0.15, -0.1) is 10.2 Å². The van der Waals surface area contributed by atoms with Gasteiger partial charge in [0.15, 0.2) is 11.5 Å². The van der Waals surface area contributed by atoms with Crippen molar-refractivity contribution in [2.75, 3.05) is 13.1 Å². The summed E-state index contributed by atoms with van der Waals surface area (Å²) in [6.45, 7) is 5.22. The number of piperidine rings is 1. The number of pyridine rings is 1. The molecule has 1 aliphatic heterocycles. The number of nitrogens with zero attached hydrogens (tertiary/aromatic N) is 7. The molecular weight excluding hydrogens is 354 g/mol. The van der Waals surface area contributed by atoms with Crippen molar-refractivity contribution in [2.45, 2.75) is 32.6 Å². The zero-order valence-electron chi connectivity index (χ0n) is 15.9. The van der Waals surface area contributed by atoms with Gasteiger partial charge in [-0.1, -0.05) is 6.07 Å². The number of hydrogen-bond acceptors (Lipinski definition) is 5. The minimum Gasteiger partial charge on any atom is -0.337 e. The third-order valence-electron chi connectivity index (χ3n) is 5.47.